The van der Waals surface area contributed by atoms with Gasteiger partial charge in [0, 0.05) is 25.3 Å². The molecule has 0 aliphatic carbocycles. The number of nitrogens with one attached hydrogen (secondary N) is 3. The van der Waals surface area contributed by atoms with E-state index in [-0.39, 0.29) is 5.54 Å². The molecule has 2 aromatic rings. The molecule has 0 unspecified atom stereocenters. The van der Waals surface area contributed by atoms with E-state index in [1.54, 1.807) is 0 Å². The van der Waals surface area contributed by atoms with Gasteiger partial charge in [0.05, 0.1) is 16.9 Å². The number of para-hydroxylation sites is 3. The van der Waals surface area contributed by atoms with Crippen LogP contribution in [0.4, 0.5) is 17.1 Å². The highest BCUT2D eigenvalue weighted by Crippen LogP contribution is 2.37. The van der Waals surface area contributed by atoms with Gasteiger partial charge in [-0.05, 0) is 62.5 Å². The number of benzene rings is 2. The van der Waals surface area contributed by atoms with Crippen molar-refractivity contribution >= 4 is 22.9 Å². The largest absolute Gasteiger partial charge is 0.371 e. The predicted octanol–water partition coefficient (Wildman–Crippen LogP) is 3.65. The Hall–Kier alpha value is -2.53. The van der Waals surface area contributed by atoms with Crippen LogP contribution in [0, 0.1) is 0 Å². The Balaban J connectivity index is 1.42. The molecule has 3 aliphatic rings. The van der Waals surface area contributed by atoms with Gasteiger partial charge in [-0.15, -0.1) is 0 Å². The van der Waals surface area contributed by atoms with Crippen molar-refractivity contribution in [2.45, 2.75) is 37.8 Å². The van der Waals surface area contributed by atoms with Crippen LogP contribution >= 0.6 is 0 Å². The van der Waals surface area contributed by atoms with E-state index in [9.17, 15) is 0 Å². The number of hydrogen-bond donors (Lipinski definition) is 3. The van der Waals surface area contributed by atoms with Crippen LogP contribution in [-0.2, 0) is 6.54 Å². The normalized spacial score (nSPS) is 20.4. The molecule has 28 heavy (non-hydrogen) atoms. The molecule has 0 radical (unpaired) electrons. The van der Waals surface area contributed by atoms with Crippen molar-refractivity contribution in [1.82, 2.24) is 10.6 Å². The van der Waals surface area contributed by atoms with Gasteiger partial charge in [-0.3, -0.25) is 0 Å². The van der Waals surface area contributed by atoms with Gasteiger partial charge in [-0.25, -0.2) is 4.99 Å². The van der Waals surface area contributed by atoms with Gasteiger partial charge in [0.2, 0.25) is 0 Å². The molecule has 2 saturated heterocycles. The maximum Gasteiger partial charge on any atom is 0.128 e. The molecule has 0 saturated carbocycles. The van der Waals surface area contributed by atoms with Crippen molar-refractivity contribution in [1.29, 1.82) is 0 Å². The van der Waals surface area contributed by atoms with Gasteiger partial charge in [-0.2, -0.15) is 0 Å². The van der Waals surface area contributed by atoms with E-state index in [4.69, 9.17) is 4.99 Å². The Morgan fingerprint density at radius 1 is 0.964 bits per heavy atom. The minimum Gasteiger partial charge on any atom is -0.371 e. The molecule has 5 rings (SSSR count). The molecule has 1 spiro atoms. The number of rotatable bonds is 3. The third-order valence-electron chi connectivity index (χ3n) is 6.31. The Labute approximate surface area is 167 Å². The lowest BCUT2D eigenvalue weighted by atomic mass is 9.85. The second-order valence-corrected chi connectivity index (χ2v) is 8.11. The maximum absolute atomic E-state index is 5.07. The van der Waals surface area contributed by atoms with E-state index >= 15 is 0 Å². The Bertz CT molecular complexity index is 863. The summed E-state index contributed by atoms with van der Waals surface area (Å²) < 4.78 is 0. The molecule has 5 nitrogen and oxygen atoms in total. The average Bonchev–Trinajstić information content (AvgIpc) is 3.28. The quantitative estimate of drug-likeness (QED) is 0.766. The molecular formula is C23H29N5. The molecule has 0 amide bonds. The van der Waals surface area contributed by atoms with Gasteiger partial charge in [0.25, 0.3) is 0 Å². The van der Waals surface area contributed by atoms with E-state index < -0.39 is 0 Å². The highest BCUT2D eigenvalue weighted by Gasteiger charge is 2.40. The van der Waals surface area contributed by atoms with Crippen molar-refractivity contribution in [2.24, 2.45) is 4.99 Å². The number of hydrogen-bond acceptors (Lipinski definition) is 5. The standard InChI is InChI=1S/C23H29N5/c1-4-10-21(28-15-5-6-16-28)18(7-1)17-25-22-23(11-13-24-14-12-23)27-20-9-3-2-8-19(20)26-22/h1-4,7-10,24,27H,5-6,11-17H2,(H,25,26). The van der Waals surface area contributed by atoms with Crippen LogP contribution < -0.4 is 20.9 Å². The number of aliphatic imine (C=N–C) groups is 1. The lowest BCUT2D eigenvalue weighted by molar-refractivity contribution is 0.412. The summed E-state index contributed by atoms with van der Waals surface area (Å²) in [5.41, 5.74) is 4.81. The van der Waals surface area contributed by atoms with Gasteiger partial charge in [-0.1, -0.05) is 30.3 Å². The summed E-state index contributed by atoms with van der Waals surface area (Å²) >= 11 is 0. The molecule has 2 fully saturated rings. The van der Waals surface area contributed by atoms with Crippen LogP contribution in [0.15, 0.2) is 53.5 Å². The van der Waals surface area contributed by atoms with E-state index in [1.807, 2.05) is 0 Å². The Kier molecular flexibility index (Phi) is 4.69. The topological polar surface area (TPSA) is 51.7 Å². The number of piperidine rings is 1. The number of nitrogens with zero attached hydrogens (tertiary/aromatic N) is 2. The van der Waals surface area contributed by atoms with E-state index in [1.165, 1.54) is 37.2 Å². The predicted molar refractivity (Wildman–Crippen MR) is 117 cm³/mol. The Morgan fingerprint density at radius 2 is 1.71 bits per heavy atom. The zero-order valence-corrected chi connectivity index (χ0v) is 16.4. The summed E-state index contributed by atoms with van der Waals surface area (Å²) in [6, 6.07) is 17.2. The Morgan fingerprint density at radius 3 is 2.57 bits per heavy atom. The molecule has 5 heteroatoms. The third-order valence-corrected chi connectivity index (χ3v) is 6.31. The summed E-state index contributed by atoms with van der Waals surface area (Å²) in [4.78, 5) is 7.59. The van der Waals surface area contributed by atoms with Crippen LogP contribution in [0.3, 0.4) is 0 Å². The molecule has 3 N–H and O–H groups in total. The molecule has 2 aromatic carbocycles. The van der Waals surface area contributed by atoms with Crippen molar-refractivity contribution in [2.75, 3.05) is 36.4 Å². The van der Waals surface area contributed by atoms with Crippen LogP contribution in [0.1, 0.15) is 31.2 Å². The molecule has 0 bridgehead atoms. The molecular weight excluding hydrogens is 346 g/mol. The lowest BCUT2D eigenvalue weighted by Gasteiger charge is -2.43. The highest BCUT2D eigenvalue weighted by atomic mass is 15.2. The summed E-state index contributed by atoms with van der Waals surface area (Å²) in [5.74, 6) is 1.09. The van der Waals surface area contributed by atoms with Crippen LogP contribution in [-0.4, -0.2) is 37.6 Å². The minimum absolute atomic E-state index is 0.0950. The molecule has 146 valence electrons. The monoisotopic (exact) mass is 375 g/mol. The molecule has 3 aliphatic heterocycles. The fourth-order valence-electron chi connectivity index (χ4n) is 4.75. The number of amidine groups is 1. The summed E-state index contributed by atoms with van der Waals surface area (Å²) in [7, 11) is 0. The number of fused-ring (bicyclic) bond motifs is 1. The second kappa shape index (κ2) is 7.47. The van der Waals surface area contributed by atoms with Crippen molar-refractivity contribution in [3.05, 3.63) is 54.1 Å². The zero-order valence-electron chi connectivity index (χ0n) is 16.4. The number of anilines is 2. The zero-order chi connectivity index (χ0) is 18.8. The fourth-order valence-corrected chi connectivity index (χ4v) is 4.75. The van der Waals surface area contributed by atoms with Gasteiger partial charge in [0.15, 0.2) is 0 Å². The van der Waals surface area contributed by atoms with E-state index in [2.05, 4.69) is 69.4 Å². The summed E-state index contributed by atoms with van der Waals surface area (Å²) in [5, 5.41) is 11.1. The SMILES string of the molecule is c1ccc(N2CCCC2)c(CNC2=Nc3ccccc3NC23CCNCC3)c1. The summed E-state index contributed by atoms with van der Waals surface area (Å²) in [6.07, 6.45) is 4.68. The lowest BCUT2D eigenvalue weighted by Crippen LogP contribution is -2.58. The first-order valence-corrected chi connectivity index (χ1v) is 10.6. The first-order valence-electron chi connectivity index (χ1n) is 10.6. The second-order valence-electron chi connectivity index (χ2n) is 8.11. The summed E-state index contributed by atoms with van der Waals surface area (Å²) in [6.45, 7) is 5.18. The fraction of sp³-hybridized carbons (Fsp3) is 0.435. The van der Waals surface area contributed by atoms with Crippen molar-refractivity contribution in [3.63, 3.8) is 0 Å². The highest BCUT2D eigenvalue weighted by molar-refractivity contribution is 6.00. The molecule has 3 heterocycles. The van der Waals surface area contributed by atoms with Gasteiger partial charge < -0.3 is 20.9 Å². The van der Waals surface area contributed by atoms with Crippen LogP contribution in [0.25, 0.3) is 0 Å². The van der Waals surface area contributed by atoms with Crippen molar-refractivity contribution in [3.8, 4) is 0 Å². The van der Waals surface area contributed by atoms with Crippen molar-refractivity contribution < 1.29 is 0 Å². The smallest absolute Gasteiger partial charge is 0.128 e. The molecule has 0 aromatic heterocycles. The van der Waals surface area contributed by atoms with Crippen LogP contribution in [0.2, 0.25) is 0 Å². The maximum atomic E-state index is 5.07. The average molecular weight is 376 g/mol. The van der Waals surface area contributed by atoms with Gasteiger partial charge >= 0.3 is 0 Å². The van der Waals surface area contributed by atoms with Gasteiger partial charge in [0.1, 0.15) is 5.84 Å². The minimum atomic E-state index is -0.0950. The third kappa shape index (κ3) is 3.24. The van der Waals surface area contributed by atoms with E-state index in [0.717, 1.165) is 49.7 Å². The van der Waals surface area contributed by atoms with Crippen LogP contribution in [0.5, 0.6) is 0 Å². The molecule has 0 atom stereocenters. The van der Waals surface area contributed by atoms with E-state index in [0.29, 0.717) is 0 Å². The first-order chi connectivity index (χ1) is 13.8. The first kappa shape index (κ1) is 17.6.